The molecule has 0 radical (unpaired) electrons. The molecule has 0 aliphatic heterocycles. The first kappa shape index (κ1) is 30.0. The highest BCUT2D eigenvalue weighted by molar-refractivity contribution is 7.88. The molecule has 0 aliphatic carbocycles. The Morgan fingerprint density at radius 2 is 1.44 bits per heavy atom. The van der Waals surface area contributed by atoms with E-state index in [4.69, 9.17) is 9.47 Å². The van der Waals surface area contributed by atoms with E-state index in [9.17, 15) is 26.4 Å². The second-order valence-electron chi connectivity index (χ2n) is 9.12. The molecule has 3 aromatic rings. The number of alkyl halides is 3. The van der Waals surface area contributed by atoms with Gasteiger partial charge in [-0.25, -0.2) is 0 Å². The largest absolute Gasteiger partial charge is 0.534 e. The van der Waals surface area contributed by atoms with Gasteiger partial charge in [-0.05, 0) is 59.7 Å². The summed E-state index contributed by atoms with van der Waals surface area (Å²) >= 11 is 0. The summed E-state index contributed by atoms with van der Waals surface area (Å²) in [6.07, 6.45) is 1.50. The minimum Gasteiger partial charge on any atom is -0.496 e. The summed E-state index contributed by atoms with van der Waals surface area (Å²) in [4.78, 5) is 11.6. The van der Waals surface area contributed by atoms with E-state index < -0.39 is 21.0 Å². The van der Waals surface area contributed by atoms with Gasteiger partial charge < -0.3 is 13.7 Å². The topological polar surface area (TPSA) is 78.9 Å². The van der Waals surface area contributed by atoms with E-state index in [2.05, 4.69) is 4.18 Å². The third kappa shape index (κ3) is 6.21. The lowest BCUT2D eigenvalue weighted by atomic mass is 9.70. The van der Waals surface area contributed by atoms with Crippen LogP contribution in [0.3, 0.4) is 0 Å². The third-order valence-corrected chi connectivity index (χ3v) is 7.98. The van der Waals surface area contributed by atoms with Crippen LogP contribution in [0.25, 0.3) is 11.1 Å². The lowest BCUT2D eigenvalue weighted by Gasteiger charge is -2.34. The normalized spacial score (nSPS) is 12.2. The molecular weight excluding hydrogens is 533 g/mol. The molecule has 0 bridgehead atoms. The first-order valence-electron chi connectivity index (χ1n) is 12.3. The quantitative estimate of drug-likeness (QED) is 0.155. The maximum Gasteiger partial charge on any atom is 0.534 e. The number of esters is 1. The molecule has 0 amide bonds. The van der Waals surface area contributed by atoms with Gasteiger partial charge >= 0.3 is 21.6 Å². The lowest BCUT2D eigenvalue weighted by Crippen LogP contribution is -2.29. The summed E-state index contributed by atoms with van der Waals surface area (Å²) < 4.78 is 76.3. The number of carbonyl (C=O) groups is 1. The standard InChI is InChI=1S/C29H31F3O6S/c1-6-28(7-2,22-13-15-25(19(3)16-22)38-39(34,35)29(30,31)32)23-12-14-24(26(18-23)36-4)21-10-8-20(9-11-21)17-27(33)37-5/h8-16,18H,6-7,17H2,1-5H3. The van der Waals surface area contributed by atoms with E-state index >= 15 is 0 Å². The SMILES string of the molecule is CCC(CC)(c1ccc(OS(=O)(=O)C(F)(F)F)c(C)c1)c1ccc(-c2ccc(CC(=O)OC)cc2)c(OC)c1. The van der Waals surface area contributed by atoms with Crippen molar-refractivity contribution in [2.45, 2.75) is 51.0 Å². The van der Waals surface area contributed by atoms with E-state index in [1.165, 1.54) is 20.1 Å². The number of aryl methyl sites for hydroxylation is 1. The molecule has 0 spiro atoms. The fraction of sp³-hybridized carbons (Fsp3) is 0.345. The summed E-state index contributed by atoms with van der Waals surface area (Å²) in [6.45, 7) is 5.53. The second kappa shape index (κ2) is 11.7. The number of halogens is 3. The van der Waals surface area contributed by atoms with Crippen LogP contribution in [0.2, 0.25) is 0 Å². The van der Waals surface area contributed by atoms with E-state index in [-0.39, 0.29) is 23.7 Å². The fourth-order valence-corrected chi connectivity index (χ4v) is 5.23. The van der Waals surface area contributed by atoms with Crippen LogP contribution < -0.4 is 8.92 Å². The van der Waals surface area contributed by atoms with Crippen molar-refractivity contribution in [3.63, 3.8) is 0 Å². The summed E-state index contributed by atoms with van der Waals surface area (Å²) in [5, 5.41) is 0. The molecule has 210 valence electrons. The number of ether oxygens (including phenoxy) is 2. The molecule has 0 N–H and O–H groups in total. The van der Waals surface area contributed by atoms with Gasteiger partial charge in [-0.1, -0.05) is 62.4 Å². The molecule has 0 aliphatic rings. The van der Waals surface area contributed by atoms with Gasteiger partial charge in [0.1, 0.15) is 11.5 Å². The fourth-order valence-electron chi connectivity index (χ4n) is 4.71. The molecule has 0 saturated heterocycles. The van der Waals surface area contributed by atoms with Crippen molar-refractivity contribution in [1.82, 2.24) is 0 Å². The van der Waals surface area contributed by atoms with Crippen molar-refractivity contribution < 1.29 is 40.0 Å². The molecule has 0 heterocycles. The van der Waals surface area contributed by atoms with Crippen LogP contribution >= 0.6 is 0 Å². The van der Waals surface area contributed by atoms with Crippen LogP contribution in [0.5, 0.6) is 11.5 Å². The molecular formula is C29H31F3O6S. The summed E-state index contributed by atoms with van der Waals surface area (Å²) in [5.41, 5.74) is -1.46. The van der Waals surface area contributed by atoms with Gasteiger partial charge in [0.25, 0.3) is 0 Å². The number of benzene rings is 3. The summed E-state index contributed by atoms with van der Waals surface area (Å²) in [7, 11) is -2.86. The van der Waals surface area contributed by atoms with Crippen LogP contribution in [0.1, 0.15) is 48.9 Å². The van der Waals surface area contributed by atoms with Gasteiger partial charge in [-0.15, -0.1) is 0 Å². The Bertz CT molecular complexity index is 1430. The van der Waals surface area contributed by atoms with Crippen molar-refractivity contribution in [1.29, 1.82) is 0 Å². The molecule has 0 atom stereocenters. The van der Waals surface area contributed by atoms with Crippen molar-refractivity contribution in [3.8, 4) is 22.6 Å². The Kier molecular flexibility index (Phi) is 9.00. The van der Waals surface area contributed by atoms with E-state index in [1.54, 1.807) is 19.2 Å². The monoisotopic (exact) mass is 564 g/mol. The molecule has 10 heteroatoms. The molecule has 0 aromatic heterocycles. The zero-order chi connectivity index (χ0) is 29.0. The van der Waals surface area contributed by atoms with Gasteiger partial charge in [0.05, 0.1) is 20.6 Å². The van der Waals surface area contributed by atoms with Gasteiger partial charge in [0.2, 0.25) is 0 Å². The molecule has 0 fully saturated rings. The predicted octanol–water partition coefficient (Wildman–Crippen LogP) is 6.72. The minimum atomic E-state index is -5.77. The average molecular weight is 565 g/mol. The van der Waals surface area contributed by atoms with Crippen LogP contribution in [-0.4, -0.2) is 34.1 Å². The highest BCUT2D eigenvalue weighted by atomic mass is 32.2. The van der Waals surface area contributed by atoms with Gasteiger partial charge in [0.15, 0.2) is 0 Å². The van der Waals surface area contributed by atoms with Crippen molar-refractivity contribution in [2.75, 3.05) is 14.2 Å². The Morgan fingerprint density at radius 3 is 1.95 bits per heavy atom. The Balaban J connectivity index is 2.00. The smallest absolute Gasteiger partial charge is 0.496 e. The van der Waals surface area contributed by atoms with Crippen molar-refractivity contribution in [2.24, 2.45) is 0 Å². The van der Waals surface area contributed by atoms with Gasteiger partial charge in [-0.3, -0.25) is 4.79 Å². The molecule has 0 unspecified atom stereocenters. The predicted molar refractivity (Wildman–Crippen MR) is 142 cm³/mol. The average Bonchev–Trinajstić information content (AvgIpc) is 2.90. The lowest BCUT2D eigenvalue weighted by molar-refractivity contribution is -0.139. The number of hydrogen-bond acceptors (Lipinski definition) is 6. The summed E-state index contributed by atoms with van der Waals surface area (Å²) in [5.74, 6) is -0.0647. The van der Waals surface area contributed by atoms with E-state index in [1.807, 2.05) is 56.3 Å². The van der Waals surface area contributed by atoms with Crippen LogP contribution in [0, 0.1) is 6.92 Å². The maximum atomic E-state index is 12.8. The third-order valence-electron chi connectivity index (χ3n) is 7.01. The Hall–Kier alpha value is -3.53. The van der Waals surface area contributed by atoms with Crippen LogP contribution in [0.4, 0.5) is 13.2 Å². The summed E-state index contributed by atoms with van der Waals surface area (Å²) in [6, 6.07) is 17.9. The maximum absolute atomic E-state index is 12.8. The number of rotatable bonds is 10. The van der Waals surface area contributed by atoms with Crippen molar-refractivity contribution >= 4 is 16.1 Å². The first-order chi connectivity index (χ1) is 18.3. The second-order valence-corrected chi connectivity index (χ2v) is 10.7. The van der Waals surface area contributed by atoms with E-state index in [0.717, 1.165) is 27.8 Å². The highest BCUT2D eigenvalue weighted by Crippen LogP contribution is 2.43. The molecule has 3 aromatic carbocycles. The zero-order valence-electron chi connectivity index (χ0n) is 22.4. The number of hydrogen-bond donors (Lipinski definition) is 0. The van der Waals surface area contributed by atoms with Gasteiger partial charge in [0, 0.05) is 11.0 Å². The first-order valence-corrected chi connectivity index (χ1v) is 13.7. The molecule has 3 rings (SSSR count). The van der Waals surface area contributed by atoms with Crippen molar-refractivity contribution in [3.05, 3.63) is 82.9 Å². The van der Waals surface area contributed by atoms with Crippen LogP contribution in [-0.2, 0) is 31.5 Å². The zero-order valence-corrected chi connectivity index (χ0v) is 23.2. The molecule has 0 saturated carbocycles. The highest BCUT2D eigenvalue weighted by Gasteiger charge is 2.48. The number of carbonyl (C=O) groups excluding carboxylic acids is 1. The Labute approximate surface area is 226 Å². The minimum absolute atomic E-state index is 0.174. The number of methoxy groups -OCH3 is 2. The molecule has 39 heavy (non-hydrogen) atoms. The van der Waals surface area contributed by atoms with E-state index in [0.29, 0.717) is 18.6 Å². The van der Waals surface area contributed by atoms with Gasteiger partial charge in [-0.2, -0.15) is 21.6 Å². The van der Waals surface area contributed by atoms with Crippen LogP contribution in [0.15, 0.2) is 60.7 Å². The Morgan fingerprint density at radius 1 is 0.846 bits per heavy atom. The molecule has 6 nitrogen and oxygen atoms in total.